The lowest BCUT2D eigenvalue weighted by molar-refractivity contribution is -0.385. The second-order valence-corrected chi connectivity index (χ2v) is 2.88. The van der Waals surface area contributed by atoms with Crippen molar-refractivity contribution < 1.29 is 14.5 Å². The highest BCUT2D eigenvalue weighted by atomic mass is 16.6. The van der Waals surface area contributed by atoms with Gasteiger partial charge in [0.05, 0.1) is 18.6 Å². The molecular formula is C9H12N2O4. The van der Waals surface area contributed by atoms with Crippen LogP contribution in [0.4, 0.5) is 5.69 Å². The fraction of sp³-hybridized carbons (Fsp3) is 0.333. The Kier molecular flexibility index (Phi) is 4.02. The van der Waals surface area contributed by atoms with Crippen molar-refractivity contribution >= 4 is 5.69 Å². The quantitative estimate of drug-likeness (QED) is 0.581. The van der Waals surface area contributed by atoms with Crippen LogP contribution in [0.3, 0.4) is 0 Å². The van der Waals surface area contributed by atoms with Crippen LogP contribution in [-0.2, 0) is 11.3 Å². The van der Waals surface area contributed by atoms with E-state index in [9.17, 15) is 10.1 Å². The van der Waals surface area contributed by atoms with Gasteiger partial charge in [-0.1, -0.05) is 6.07 Å². The summed E-state index contributed by atoms with van der Waals surface area (Å²) in [6, 6.07) is 4.67. The molecule has 0 bridgehead atoms. The molecule has 6 nitrogen and oxygen atoms in total. The van der Waals surface area contributed by atoms with Gasteiger partial charge in [-0.2, -0.15) is 0 Å². The lowest BCUT2D eigenvalue weighted by Gasteiger charge is -2.04. The van der Waals surface area contributed by atoms with Gasteiger partial charge in [-0.25, -0.2) is 5.90 Å². The van der Waals surface area contributed by atoms with E-state index in [0.29, 0.717) is 13.0 Å². The zero-order chi connectivity index (χ0) is 11.3. The molecule has 0 aliphatic rings. The lowest BCUT2D eigenvalue weighted by atomic mass is 10.1. The van der Waals surface area contributed by atoms with Crippen molar-refractivity contribution in [1.29, 1.82) is 0 Å². The number of ether oxygens (including phenoxy) is 1. The summed E-state index contributed by atoms with van der Waals surface area (Å²) in [5, 5.41) is 10.6. The monoisotopic (exact) mass is 212 g/mol. The normalized spacial score (nSPS) is 10.0. The van der Waals surface area contributed by atoms with Crippen LogP contribution in [-0.4, -0.2) is 18.6 Å². The maximum absolute atomic E-state index is 10.6. The van der Waals surface area contributed by atoms with Gasteiger partial charge in [-0.15, -0.1) is 0 Å². The number of hydrogen-bond donors (Lipinski definition) is 1. The molecule has 0 aliphatic carbocycles. The van der Waals surface area contributed by atoms with Crippen molar-refractivity contribution in [1.82, 2.24) is 0 Å². The molecule has 0 spiro atoms. The molecule has 82 valence electrons. The molecule has 0 radical (unpaired) electrons. The van der Waals surface area contributed by atoms with Crippen molar-refractivity contribution in [3.8, 4) is 5.75 Å². The molecule has 0 atom stereocenters. The molecule has 0 aromatic heterocycles. The maximum Gasteiger partial charge on any atom is 0.310 e. The summed E-state index contributed by atoms with van der Waals surface area (Å²) < 4.78 is 4.91. The standard InChI is InChI=1S/C9H12N2O4/c1-14-9-6-7(4-5-15-10)2-3-8(9)11(12)13/h2-3,6H,4-5,10H2,1H3. The van der Waals surface area contributed by atoms with Gasteiger partial charge in [0.1, 0.15) is 0 Å². The predicted octanol–water partition coefficient (Wildman–Crippen LogP) is 1.04. The number of methoxy groups -OCH3 is 1. The van der Waals surface area contributed by atoms with Crippen LogP contribution in [0.5, 0.6) is 5.75 Å². The molecule has 0 saturated carbocycles. The summed E-state index contributed by atoms with van der Waals surface area (Å²) in [7, 11) is 1.39. The second-order valence-electron chi connectivity index (χ2n) is 2.88. The van der Waals surface area contributed by atoms with Crippen molar-refractivity contribution in [3.05, 3.63) is 33.9 Å². The molecule has 0 amide bonds. The van der Waals surface area contributed by atoms with Gasteiger partial charge >= 0.3 is 5.69 Å². The summed E-state index contributed by atoms with van der Waals surface area (Å²) in [6.07, 6.45) is 0.588. The molecule has 1 rings (SSSR count). The van der Waals surface area contributed by atoms with Crippen LogP contribution in [0.1, 0.15) is 5.56 Å². The van der Waals surface area contributed by atoms with E-state index < -0.39 is 4.92 Å². The highest BCUT2D eigenvalue weighted by Crippen LogP contribution is 2.27. The van der Waals surface area contributed by atoms with E-state index in [4.69, 9.17) is 10.6 Å². The molecule has 2 N–H and O–H groups in total. The van der Waals surface area contributed by atoms with Gasteiger partial charge in [0.15, 0.2) is 5.75 Å². The third-order valence-electron chi connectivity index (χ3n) is 1.95. The van der Waals surface area contributed by atoms with Crippen LogP contribution in [0.2, 0.25) is 0 Å². The first-order valence-electron chi connectivity index (χ1n) is 4.32. The molecule has 0 heterocycles. The molecule has 1 aromatic rings. The van der Waals surface area contributed by atoms with Gasteiger partial charge in [0.25, 0.3) is 0 Å². The predicted molar refractivity (Wildman–Crippen MR) is 53.5 cm³/mol. The van der Waals surface area contributed by atoms with E-state index in [0.717, 1.165) is 5.56 Å². The van der Waals surface area contributed by atoms with Crippen molar-refractivity contribution in [2.45, 2.75) is 6.42 Å². The topological polar surface area (TPSA) is 87.6 Å². The summed E-state index contributed by atoms with van der Waals surface area (Å²) in [5.74, 6) is 5.13. The third kappa shape index (κ3) is 2.90. The van der Waals surface area contributed by atoms with E-state index in [1.54, 1.807) is 12.1 Å². The number of nitro benzene ring substituents is 1. The van der Waals surface area contributed by atoms with E-state index in [1.165, 1.54) is 13.2 Å². The van der Waals surface area contributed by atoms with Gasteiger partial charge in [0.2, 0.25) is 0 Å². The fourth-order valence-corrected chi connectivity index (χ4v) is 1.21. The van der Waals surface area contributed by atoms with Gasteiger partial charge < -0.3 is 9.57 Å². The lowest BCUT2D eigenvalue weighted by Crippen LogP contribution is -2.04. The molecule has 6 heteroatoms. The minimum atomic E-state index is -0.484. The number of hydrogen-bond acceptors (Lipinski definition) is 5. The van der Waals surface area contributed by atoms with Crippen LogP contribution in [0.15, 0.2) is 18.2 Å². The van der Waals surface area contributed by atoms with E-state index >= 15 is 0 Å². The number of rotatable bonds is 5. The minimum Gasteiger partial charge on any atom is -0.490 e. The number of nitrogens with two attached hydrogens (primary N) is 1. The first kappa shape index (κ1) is 11.4. The Morgan fingerprint density at radius 2 is 2.27 bits per heavy atom. The van der Waals surface area contributed by atoms with Gasteiger partial charge in [-0.05, 0) is 18.1 Å². The number of nitrogens with zero attached hydrogens (tertiary/aromatic N) is 1. The Bertz CT molecular complexity index is 354. The Labute approximate surface area is 86.7 Å². The summed E-state index contributed by atoms with van der Waals surface area (Å²) >= 11 is 0. The Balaban J connectivity index is 2.92. The average Bonchev–Trinajstić information content (AvgIpc) is 2.25. The average molecular weight is 212 g/mol. The largest absolute Gasteiger partial charge is 0.490 e. The highest BCUT2D eigenvalue weighted by Gasteiger charge is 2.14. The first-order chi connectivity index (χ1) is 7.19. The smallest absolute Gasteiger partial charge is 0.310 e. The SMILES string of the molecule is COc1cc(CCON)ccc1[N+](=O)[O-]. The summed E-state index contributed by atoms with van der Waals surface area (Å²) in [4.78, 5) is 14.5. The van der Waals surface area contributed by atoms with Crippen LogP contribution in [0.25, 0.3) is 0 Å². The zero-order valence-electron chi connectivity index (χ0n) is 8.30. The van der Waals surface area contributed by atoms with Crippen LogP contribution >= 0.6 is 0 Å². The van der Waals surface area contributed by atoms with E-state index in [1.807, 2.05) is 0 Å². The Morgan fingerprint density at radius 1 is 1.53 bits per heavy atom. The maximum atomic E-state index is 10.6. The Morgan fingerprint density at radius 3 is 2.80 bits per heavy atom. The van der Waals surface area contributed by atoms with Gasteiger partial charge in [-0.3, -0.25) is 10.1 Å². The van der Waals surface area contributed by atoms with Crippen LogP contribution in [0, 0.1) is 10.1 Å². The molecule has 0 unspecified atom stereocenters. The molecule has 1 aromatic carbocycles. The minimum absolute atomic E-state index is 0.0464. The zero-order valence-corrected chi connectivity index (χ0v) is 8.30. The van der Waals surface area contributed by atoms with Crippen molar-refractivity contribution in [2.75, 3.05) is 13.7 Å². The van der Waals surface area contributed by atoms with Crippen molar-refractivity contribution in [3.63, 3.8) is 0 Å². The van der Waals surface area contributed by atoms with E-state index in [2.05, 4.69) is 4.84 Å². The summed E-state index contributed by atoms with van der Waals surface area (Å²) in [5.41, 5.74) is 0.831. The number of nitro groups is 1. The molecule has 0 saturated heterocycles. The van der Waals surface area contributed by atoms with Crippen molar-refractivity contribution in [2.24, 2.45) is 5.90 Å². The third-order valence-corrected chi connectivity index (χ3v) is 1.95. The molecular weight excluding hydrogens is 200 g/mol. The highest BCUT2D eigenvalue weighted by molar-refractivity contribution is 5.48. The van der Waals surface area contributed by atoms with E-state index in [-0.39, 0.29) is 11.4 Å². The first-order valence-corrected chi connectivity index (χ1v) is 4.32. The molecule has 0 aliphatic heterocycles. The summed E-state index contributed by atoms with van der Waals surface area (Å²) in [6.45, 7) is 0.362. The van der Waals surface area contributed by atoms with Crippen LogP contribution < -0.4 is 10.6 Å². The number of benzene rings is 1. The Hall–Kier alpha value is -1.66. The molecule has 15 heavy (non-hydrogen) atoms. The fourth-order valence-electron chi connectivity index (χ4n) is 1.21. The second kappa shape index (κ2) is 5.28. The van der Waals surface area contributed by atoms with Gasteiger partial charge in [0, 0.05) is 6.07 Å². The molecule has 0 fully saturated rings.